The van der Waals surface area contributed by atoms with Gasteiger partial charge in [0, 0.05) is 11.5 Å². The number of aliphatic hydroxyl groups excluding tert-OH is 1. The molecule has 2 atom stereocenters. The zero-order chi connectivity index (χ0) is 18.0. The number of carbonyl (C=O) groups is 2. The topological polar surface area (TPSA) is 69.6 Å². The van der Waals surface area contributed by atoms with Crippen LogP contribution in [0.25, 0.3) is 6.08 Å². The molecule has 2 heterocycles. The van der Waals surface area contributed by atoms with Gasteiger partial charge in [0.2, 0.25) is 5.91 Å². The van der Waals surface area contributed by atoms with E-state index in [4.69, 9.17) is 12.2 Å². The molecule has 0 bridgehead atoms. The standard InChI is InChI=1S/C16H15FN2O3S3/c17-10-3-1-9(2-4-10)5-13-15(22)19(16(23)25-13)6-14(21)18-11-7-24-8-12(11)20/h1-5,11-12,20H,6-8H2,(H,18,21)/t11-,12+/m1/s1. The van der Waals surface area contributed by atoms with Crippen LogP contribution >= 0.6 is 35.7 Å². The van der Waals surface area contributed by atoms with Gasteiger partial charge in [-0.3, -0.25) is 14.5 Å². The summed E-state index contributed by atoms with van der Waals surface area (Å²) in [5.74, 6) is 0.178. The van der Waals surface area contributed by atoms with Crippen molar-refractivity contribution < 1.29 is 19.1 Å². The number of amides is 2. The second kappa shape index (κ2) is 7.86. The van der Waals surface area contributed by atoms with Crippen LogP contribution in [0, 0.1) is 5.82 Å². The van der Waals surface area contributed by atoms with Crippen molar-refractivity contribution in [2.75, 3.05) is 18.1 Å². The molecule has 0 radical (unpaired) electrons. The summed E-state index contributed by atoms with van der Waals surface area (Å²) in [4.78, 5) is 26.2. The number of hydrogen-bond donors (Lipinski definition) is 2. The lowest BCUT2D eigenvalue weighted by molar-refractivity contribution is -0.129. The van der Waals surface area contributed by atoms with Crippen molar-refractivity contribution in [2.45, 2.75) is 12.1 Å². The van der Waals surface area contributed by atoms with E-state index >= 15 is 0 Å². The van der Waals surface area contributed by atoms with Crippen molar-refractivity contribution >= 4 is 58.0 Å². The van der Waals surface area contributed by atoms with E-state index in [1.165, 1.54) is 17.0 Å². The fraction of sp³-hybridized carbons (Fsp3) is 0.312. The molecule has 2 amide bonds. The average molecular weight is 399 g/mol. The van der Waals surface area contributed by atoms with Crippen molar-refractivity contribution in [3.8, 4) is 0 Å². The van der Waals surface area contributed by atoms with Crippen LogP contribution in [0.5, 0.6) is 0 Å². The molecule has 2 fully saturated rings. The first kappa shape index (κ1) is 18.4. The molecule has 2 N–H and O–H groups in total. The highest BCUT2D eigenvalue weighted by molar-refractivity contribution is 8.26. The first-order valence-corrected chi connectivity index (χ1v) is 9.88. The Labute approximate surface area is 158 Å². The van der Waals surface area contributed by atoms with E-state index in [0.29, 0.717) is 26.3 Å². The Kier molecular flexibility index (Phi) is 5.78. The highest BCUT2D eigenvalue weighted by atomic mass is 32.2. The molecule has 1 aromatic rings. The third kappa shape index (κ3) is 4.41. The van der Waals surface area contributed by atoms with E-state index in [-0.39, 0.29) is 30.2 Å². The lowest BCUT2D eigenvalue weighted by Gasteiger charge is -2.18. The number of thioether (sulfide) groups is 2. The predicted molar refractivity (Wildman–Crippen MR) is 102 cm³/mol. The number of hydrogen-bond acceptors (Lipinski definition) is 6. The molecule has 2 aliphatic heterocycles. The predicted octanol–water partition coefficient (Wildman–Crippen LogP) is 1.62. The zero-order valence-electron chi connectivity index (χ0n) is 13.0. The smallest absolute Gasteiger partial charge is 0.266 e. The van der Waals surface area contributed by atoms with Gasteiger partial charge in [-0.2, -0.15) is 11.8 Å². The lowest BCUT2D eigenvalue weighted by Crippen LogP contribution is -2.47. The Morgan fingerprint density at radius 2 is 2.12 bits per heavy atom. The molecule has 2 aliphatic rings. The van der Waals surface area contributed by atoms with Gasteiger partial charge in [0.15, 0.2) is 0 Å². The van der Waals surface area contributed by atoms with Crippen molar-refractivity contribution in [3.63, 3.8) is 0 Å². The largest absolute Gasteiger partial charge is 0.390 e. The fourth-order valence-electron chi connectivity index (χ4n) is 2.42. The van der Waals surface area contributed by atoms with E-state index in [1.807, 2.05) is 0 Å². The van der Waals surface area contributed by atoms with Crippen molar-refractivity contribution in [1.29, 1.82) is 0 Å². The minimum absolute atomic E-state index is 0.181. The summed E-state index contributed by atoms with van der Waals surface area (Å²) < 4.78 is 13.3. The molecule has 1 aromatic carbocycles. The van der Waals surface area contributed by atoms with E-state index < -0.39 is 6.10 Å². The normalized spacial score (nSPS) is 25.0. The summed E-state index contributed by atoms with van der Waals surface area (Å²) in [5, 5.41) is 12.5. The van der Waals surface area contributed by atoms with Crippen LogP contribution < -0.4 is 5.32 Å². The average Bonchev–Trinajstić information content (AvgIpc) is 3.08. The van der Waals surface area contributed by atoms with Crippen LogP contribution in [0.2, 0.25) is 0 Å². The highest BCUT2D eigenvalue weighted by Gasteiger charge is 2.34. The Balaban J connectivity index is 1.64. The fourth-order valence-corrected chi connectivity index (χ4v) is 4.85. The number of carbonyl (C=O) groups excluding carboxylic acids is 2. The van der Waals surface area contributed by atoms with Gasteiger partial charge in [-0.1, -0.05) is 36.1 Å². The van der Waals surface area contributed by atoms with Gasteiger partial charge in [0.05, 0.1) is 17.1 Å². The highest BCUT2D eigenvalue weighted by Crippen LogP contribution is 2.32. The Hall–Kier alpha value is -1.42. The van der Waals surface area contributed by atoms with Crippen molar-refractivity contribution in [1.82, 2.24) is 10.2 Å². The molecule has 0 aliphatic carbocycles. The summed E-state index contributed by atoms with van der Waals surface area (Å²) in [5.41, 5.74) is 0.678. The molecule has 0 unspecified atom stereocenters. The summed E-state index contributed by atoms with van der Waals surface area (Å²) in [6.45, 7) is -0.181. The van der Waals surface area contributed by atoms with Gasteiger partial charge in [0.25, 0.3) is 5.91 Å². The third-order valence-corrected chi connectivity index (χ3v) is 6.29. The molecule has 0 spiro atoms. The number of nitrogens with one attached hydrogen (secondary N) is 1. The second-order valence-electron chi connectivity index (χ2n) is 5.60. The van der Waals surface area contributed by atoms with Crippen molar-refractivity contribution in [3.05, 3.63) is 40.6 Å². The van der Waals surface area contributed by atoms with Crippen LogP contribution in [-0.2, 0) is 9.59 Å². The minimum atomic E-state index is -0.571. The van der Waals surface area contributed by atoms with Crippen LogP contribution in [0.3, 0.4) is 0 Å². The molecule has 2 saturated heterocycles. The first-order chi connectivity index (χ1) is 11.9. The number of nitrogens with zero attached hydrogens (tertiary/aromatic N) is 1. The molecule has 25 heavy (non-hydrogen) atoms. The minimum Gasteiger partial charge on any atom is -0.390 e. The maximum absolute atomic E-state index is 13.0. The molecule has 132 valence electrons. The van der Waals surface area contributed by atoms with Crippen LogP contribution in [-0.4, -0.2) is 56.3 Å². The molecular weight excluding hydrogens is 383 g/mol. The van der Waals surface area contributed by atoms with Gasteiger partial charge in [-0.05, 0) is 23.8 Å². The summed E-state index contributed by atoms with van der Waals surface area (Å²) in [6, 6.07) is 5.45. The molecule has 3 rings (SSSR count). The zero-order valence-corrected chi connectivity index (χ0v) is 15.4. The first-order valence-electron chi connectivity index (χ1n) is 7.50. The van der Waals surface area contributed by atoms with E-state index in [9.17, 15) is 19.1 Å². The summed E-state index contributed by atoms with van der Waals surface area (Å²) in [6.07, 6.45) is 1.05. The maximum Gasteiger partial charge on any atom is 0.266 e. The number of aliphatic hydroxyl groups is 1. The number of halogens is 1. The molecule has 9 heteroatoms. The summed E-state index contributed by atoms with van der Waals surface area (Å²) in [7, 11) is 0. The van der Waals surface area contributed by atoms with E-state index in [0.717, 1.165) is 11.8 Å². The number of rotatable bonds is 4. The molecular formula is C16H15FN2O3S3. The molecule has 0 saturated carbocycles. The lowest BCUT2D eigenvalue weighted by atomic mass is 10.2. The quantitative estimate of drug-likeness (QED) is 0.593. The van der Waals surface area contributed by atoms with Crippen LogP contribution in [0.1, 0.15) is 5.56 Å². The molecule has 5 nitrogen and oxygen atoms in total. The Morgan fingerprint density at radius 1 is 1.40 bits per heavy atom. The van der Waals surface area contributed by atoms with Gasteiger partial charge in [0.1, 0.15) is 16.7 Å². The third-order valence-electron chi connectivity index (χ3n) is 3.74. The Bertz CT molecular complexity index is 739. The van der Waals surface area contributed by atoms with Crippen LogP contribution in [0.4, 0.5) is 4.39 Å². The second-order valence-corrected chi connectivity index (χ2v) is 8.35. The Morgan fingerprint density at radius 3 is 2.76 bits per heavy atom. The SMILES string of the molecule is O=C(CN1C(=O)C(=Cc2ccc(F)cc2)SC1=S)N[C@@H]1CSC[C@@H]1O. The number of thiocarbonyl (C=S) groups is 1. The van der Waals surface area contributed by atoms with Gasteiger partial charge >= 0.3 is 0 Å². The van der Waals surface area contributed by atoms with Crippen LogP contribution in [0.15, 0.2) is 29.2 Å². The van der Waals surface area contributed by atoms with Crippen molar-refractivity contribution in [2.24, 2.45) is 0 Å². The van der Waals surface area contributed by atoms with Gasteiger partial charge in [-0.25, -0.2) is 4.39 Å². The summed E-state index contributed by atoms with van der Waals surface area (Å²) >= 11 is 7.87. The van der Waals surface area contributed by atoms with Gasteiger partial charge < -0.3 is 10.4 Å². The van der Waals surface area contributed by atoms with E-state index in [2.05, 4.69) is 5.32 Å². The maximum atomic E-state index is 13.0. The molecule has 0 aromatic heterocycles. The monoisotopic (exact) mass is 398 g/mol. The van der Waals surface area contributed by atoms with Gasteiger partial charge in [-0.15, -0.1) is 0 Å². The number of benzene rings is 1. The van der Waals surface area contributed by atoms with E-state index in [1.54, 1.807) is 30.0 Å².